The van der Waals surface area contributed by atoms with E-state index < -0.39 is 0 Å². The third kappa shape index (κ3) is 7.98. The fourth-order valence-corrected chi connectivity index (χ4v) is 3.76. The van der Waals surface area contributed by atoms with Crippen molar-refractivity contribution in [3.63, 3.8) is 0 Å². The molecule has 1 aliphatic carbocycles. The van der Waals surface area contributed by atoms with E-state index in [4.69, 9.17) is 14.2 Å². The van der Waals surface area contributed by atoms with Crippen LogP contribution in [0.15, 0.2) is 48.5 Å². The Kier molecular flexibility index (Phi) is 9.18. The van der Waals surface area contributed by atoms with Crippen molar-refractivity contribution < 1.29 is 14.2 Å². The van der Waals surface area contributed by atoms with Crippen molar-refractivity contribution in [2.75, 3.05) is 31.7 Å². The summed E-state index contributed by atoms with van der Waals surface area (Å²) in [4.78, 5) is 0. The number of nitrogens with one attached hydrogen (secondary N) is 1. The van der Waals surface area contributed by atoms with Crippen molar-refractivity contribution in [1.82, 2.24) is 0 Å². The first-order chi connectivity index (χ1) is 14.3. The zero-order valence-corrected chi connectivity index (χ0v) is 17.7. The van der Waals surface area contributed by atoms with Gasteiger partial charge in [0, 0.05) is 18.8 Å². The summed E-state index contributed by atoms with van der Waals surface area (Å²) < 4.78 is 16.9. The molecule has 0 saturated heterocycles. The number of hydrogen-bond acceptors (Lipinski definition) is 4. The van der Waals surface area contributed by atoms with Crippen LogP contribution in [0.25, 0.3) is 0 Å². The largest absolute Gasteiger partial charge is 0.494 e. The van der Waals surface area contributed by atoms with E-state index >= 15 is 0 Å². The summed E-state index contributed by atoms with van der Waals surface area (Å²) in [5.41, 5.74) is 2.32. The smallest absolute Gasteiger partial charge is 0.119 e. The molecule has 0 amide bonds. The number of hydrogen-bond donors (Lipinski definition) is 1. The highest BCUT2D eigenvalue weighted by Gasteiger charge is 2.13. The number of ether oxygens (including phenoxy) is 3. The molecule has 2 aromatic rings. The molecule has 4 nitrogen and oxygen atoms in total. The van der Waals surface area contributed by atoms with Crippen LogP contribution in [0.5, 0.6) is 11.5 Å². The van der Waals surface area contributed by atoms with E-state index in [2.05, 4.69) is 41.7 Å². The van der Waals surface area contributed by atoms with Gasteiger partial charge in [-0.05, 0) is 61.2 Å². The van der Waals surface area contributed by atoms with Crippen LogP contribution in [0.4, 0.5) is 5.69 Å². The van der Waals surface area contributed by atoms with E-state index in [1.54, 1.807) is 0 Å². The molecule has 1 saturated carbocycles. The number of rotatable bonds is 12. The van der Waals surface area contributed by atoms with Gasteiger partial charge in [-0.25, -0.2) is 0 Å². The maximum atomic E-state index is 5.94. The Hall–Kier alpha value is -2.20. The molecule has 0 spiro atoms. The van der Waals surface area contributed by atoms with Crippen LogP contribution >= 0.6 is 0 Å². The van der Waals surface area contributed by atoms with Gasteiger partial charge in [-0.3, -0.25) is 0 Å². The fraction of sp³-hybridized carbons (Fsp3) is 0.520. The molecule has 1 fully saturated rings. The predicted molar refractivity (Wildman–Crippen MR) is 119 cm³/mol. The third-order valence-electron chi connectivity index (χ3n) is 5.49. The van der Waals surface area contributed by atoms with Gasteiger partial charge in [-0.15, -0.1) is 0 Å². The normalized spacial score (nSPS) is 14.5. The lowest BCUT2D eigenvalue weighted by atomic mass is 9.87. The van der Waals surface area contributed by atoms with Crippen molar-refractivity contribution in [3.05, 3.63) is 54.1 Å². The molecule has 0 atom stereocenters. The molecule has 29 heavy (non-hydrogen) atoms. The summed E-state index contributed by atoms with van der Waals surface area (Å²) in [7, 11) is 0. The van der Waals surface area contributed by atoms with Gasteiger partial charge in [0.15, 0.2) is 0 Å². The third-order valence-corrected chi connectivity index (χ3v) is 5.49. The zero-order chi connectivity index (χ0) is 20.2. The van der Waals surface area contributed by atoms with E-state index in [1.807, 2.05) is 19.1 Å². The second-order valence-corrected chi connectivity index (χ2v) is 7.71. The Morgan fingerprint density at radius 1 is 0.793 bits per heavy atom. The zero-order valence-electron chi connectivity index (χ0n) is 17.7. The molecule has 3 rings (SSSR count). The molecule has 0 bridgehead atoms. The molecule has 2 aromatic carbocycles. The summed E-state index contributed by atoms with van der Waals surface area (Å²) in [6, 6.07) is 16.5. The van der Waals surface area contributed by atoms with Crippen LogP contribution in [0.1, 0.15) is 51.0 Å². The molecule has 1 aliphatic rings. The molecular weight excluding hydrogens is 362 g/mol. The van der Waals surface area contributed by atoms with Gasteiger partial charge >= 0.3 is 0 Å². The highest BCUT2D eigenvalue weighted by molar-refractivity contribution is 5.47. The van der Waals surface area contributed by atoms with E-state index in [0.717, 1.165) is 42.9 Å². The first-order valence-electron chi connectivity index (χ1n) is 11.1. The van der Waals surface area contributed by atoms with Crippen molar-refractivity contribution in [1.29, 1.82) is 0 Å². The average Bonchev–Trinajstić information content (AvgIpc) is 2.78. The number of anilines is 1. The molecule has 0 heterocycles. The first-order valence-corrected chi connectivity index (χ1v) is 11.1. The second kappa shape index (κ2) is 12.4. The van der Waals surface area contributed by atoms with Gasteiger partial charge < -0.3 is 19.5 Å². The predicted octanol–water partition coefficient (Wildman–Crippen LogP) is 6.06. The fourth-order valence-electron chi connectivity index (χ4n) is 3.76. The Bertz CT molecular complexity index is 678. The maximum Gasteiger partial charge on any atom is 0.119 e. The first kappa shape index (κ1) is 21.5. The lowest BCUT2D eigenvalue weighted by Gasteiger charge is -2.21. The quantitative estimate of drug-likeness (QED) is 0.442. The van der Waals surface area contributed by atoms with E-state index in [-0.39, 0.29) is 0 Å². The molecule has 0 radical (unpaired) electrons. The summed E-state index contributed by atoms with van der Waals surface area (Å²) in [5, 5.41) is 3.46. The molecule has 0 aliphatic heterocycles. The Morgan fingerprint density at radius 2 is 1.45 bits per heavy atom. The average molecular weight is 398 g/mol. The monoisotopic (exact) mass is 397 g/mol. The highest BCUT2D eigenvalue weighted by Crippen LogP contribution is 2.26. The van der Waals surface area contributed by atoms with Gasteiger partial charge in [0.2, 0.25) is 0 Å². The molecule has 4 heteroatoms. The van der Waals surface area contributed by atoms with Crippen LogP contribution in [-0.2, 0) is 11.3 Å². The van der Waals surface area contributed by atoms with E-state index in [1.165, 1.54) is 44.1 Å². The highest BCUT2D eigenvalue weighted by atomic mass is 16.5. The Morgan fingerprint density at radius 3 is 2.14 bits per heavy atom. The van der Waals surface area contributed by atoms with Gasteiger partial charge in [0.05, 0.1) is 13.2 Å². The van der Waals surface area contributed by atoms with Gasteiger partial charge in [0.1, 0.15) is 18.1 Å². The molecular formula is C25H35NO3. The van der Waals surface area contributed by atoms with E-state index in [0.29, 0.717) is 13.2 Å². The van der Waals surface area contributed by atoms with Crippen molar-refractivity contribution in [2.24, 2.45) is 5.92 Å². The number of benzene rings is 2. The SMILES string of the molecule is CCOCCOc1ccc(CNc2ccc(OCCC3CCCCC3)cc2)cc1. The molecule has 0 unspecified atom stereocenters. The maximum absolute atomic E-state index is 5.94. The standard InChI is InChI=1S/C25H35NO3/c1-2-27-18-19-29-24-12-8-22(9-13-24)20-26-23-10-14-25(15-11-23)28-17-16-21-6-4-3-5-7-21/h8-15,21,26H,2-7,16-20H2,1H3. The van der Waals surface area contributed by atoms with Crippen molar-refractivity contribution >= 4 is 5.69 Å². The van der Waals surface area contributed by atoms with Gasteiger partial charge in [-0.2, -0.15) is 0 Å². The summed E-state index contributed by atoms with van der Waals surface area (Å²) in [6.45, 7) is 5.53. The Balaban J connectivity index is 1.35. The van der Waals surface area contributed by atoms with Crippen LogP contribution in [0.3, 0.4) is 0 Å². The van der Waals surface area contributed by atoms with Crippen LogP contribution in [0, 0.1) is 5.92 Å². The molecule has 0 aromatic heterocycles. The van der Waals surface area contributed by atoms with Crippen molar-refractivity contribution in [2.45, 2.75) is 52.0 Å². The van der Waals surface area contributed by atoms with Gasteiger partial charge in [0.25, 0.3) is 0 Å². The summed E-state index contributed by atoms with van der Waals surface area (Å²) >= 11 is 0. The summed E-state index contributed by atoms with van der Waals surface area (Å²) in [6.07, 6.45) is 8.16. The van der Waals surface area contributed by atoms with Crippen LogP contribution in [-0.4, -0.2) is 26.4 Å². The van der Waals surface area contributed by atoms with Crippen molar-refractivity contribution in [3.8, 4) is 11.5 Å². The minimum Gasteiger partial charge on any atom is -0.494 e. The topological polar surface area (TPSA) is 39.7 Å². The molecule has 1 N–H and O–H groups in total. The summed E-state index contributed by atoms with van der Waals surface area (Å²) in [5.74, 6) is 2.70. The molecule has 158 valence electrons. The lowest BCUT2D eigenvalue weighted by molar-refractivity contribution is 0.110. The van der Waals surface area contributed by atoms with Crippen LogP contribution < -0.4 is 14.8 Å². The second-order valence-electron chi connectivity index (χ2n) is 7.71. The van der Waals surface area contributed by atoms with Gasteiger partial charge in [-0.1, -0.05) is 44.2 Å². The minimum absolute atomic E-state index is 0.584. The van der Waals surface area contributed by atoms with Crippen LogP contribution in [0.2, 0.25) is 0 Å². The minimum atomic E-state index is 0.584. The Labute approximate surface area is 175 Å². The van der Waals surface area contributed by atoms with E-state index in [9.17, 15) is 0 Å². The lowest BCUT2D eigenvalue weighted by Crippen LogP contribution is -2.10.